The smallest absolute Gasteiger partial charge is 0.251 e. The predicted octanol–water partition coefficient (Wildman–Crippen LogP) is 1.57. The summed E-state index contributed by atoms with van der Waals surface area (Å²) < 4.78 is 5.42. The van der Waals surface area contributed by atoms with Crippen LogP contribution in [0.4, 0.5) is 0 Å². The lowest BCUT2D eigenvalue weighted by Crippen LogP contribution is -2.27. The van der Waals surface area contributed by atoms with Crippen molar-refractivity contribution in [2.24, 2.45) is 16.8 Å². The maximum Gasteiger partial charge on any atom is 0.251 e. The molecule has 0 spiro atoms. The van der Waals surface area contributed by atoms with Crippen LogP contribution in [0.1, 0.15) is 36.2 Å². The molecule has 0 aliphatic rings. The highest BCUT2D eigenvalue weighted by molar-refractivity contribution is 6.01. The second-order valence-corrected chi connectivity index (χ2v) is 5.12. The van der Waals surface area contributed by atoms with Crippen LogP contribution in [0.15, 0.2) is 29.4 Å². The minimum Gasteiger partial charge on any atom is -0.409 e. The Hall–Kier alpha value is -2.08. The fourth-order valence-electron chi connectivity index (χ4n) is 1.64. The molecule has 1 rings (SSSR count). The third-order valence-electron chi connectivity index (χ3n) is 2.90. The van der Waals surface area contributed by atoms with Gasteiger partial charge >= 0.3 is 0 Å². The first-order valence-electron chi connectivity index (χ1n) is 6.98. The average molecular weight is 293 g/mol. The Morgan fingerprint density at radius 1 is 1.38 bits per heavy atom. The van der Waals surface area contributed by atoms with Crippen molar-refractivity contribution in [3.8, 4) is 0 Å². The summed E-state index contributed by atoms with van der Waals surface area (Å²) in [6.45, 7) is 5.91. The number of nitrogens with two attached hydrogens (primary N) is 1. The zero-order valence-corrected chi connectivity index (χ0v) is 12.5. The van der Waals surface area contributed by atoms with Gasteiger partial charge in [0.2, 0.25) is 0 Å². The molecule has 0 heterocycles. The lowest BCUT2D eigenvalue weighted by atomic mass is 10.1. The Kier molecular flexibility index (Phi) is 7.25. The minimum absolute atomic E-state index is 0.0262. The largest absolute Gasteiger partial charge is 0.409 e. The molecule has 1 aromatic rings. The second kappa shape index (κ2) is 8.97. The van der Waals surface area contributed by atoms with Crippen molar-refractivity contribution in [3.63, 3.8) is 0 Å². The van der Waals surface area contributed by atoms with Gasteiger partial charge in [-0.3, -0.25) is 4.79 Å². The van der Waals surface area contributed by atoms with E-state index in [2.05, 4.69) is 24.3 Å². The molecule has 6 nitrogen and oxygen atoms in total. The van der Waals surface area contributed by atoms with E-state index in [0.717, 1.165) is 6.42 Å². The predicted molar refractivity (Wildman–Crippen MR) is 81.6 cm³/mol. The fraction of sp³-hybridized carbons (Fsp3) is 0.467. The van der Waals surface area contributed by atoms with E-state index in [-0.39, 0.29) is 11.7 Å². The maximum absolute atomic E-state index is 11.9. The molecule has 0 bridgehead atoms. The van der Waals surface area contributed by atoms with Gasteiger partial charge in [-0.25, -0.2) is 0 Å². The first-order valence-corrected chi connectivity index (χ1v) is 6.98. The van der Waals surface area contributed by atoms with Gasteiger partial charge in [-0.2, -0.15) is 0 Å². The number of nitrogens with one attached hydrogen (secondary N) is 1. The van der Waals surface area contributed by atoms with Crippen molar-refractivity contribution in [2.45, 2.75) is 20.3 Å². The highest BCUT2D eigenvalue weighted by atomic mass is 16.5. The standard InChI is InChI=1S/C15H23N3O3/c1-11(2)6-8-21-9-7-17-15(19)13-5-3-4-12(10-13)14(16)18-20/h3-5,10-11,20H,6-9H2,1-2H3,(H2,16,18)(H,17,19). The molecule has 0 radical (unpaired) electrons. The summed E-state index contributed by atoms with van der Waals surface area (Å²) in [7, 11) is 0. The molecule has 1 aromatic carbocycles. The van der Waals surface area contributed by atoms with Crippen molar-refractivity contribution in [2.75, 3.05) is 19.8 Å². The number of oxime groups is 1. The van der Waals surface area contributed by atoms with Gasteiger partial charge in [0.05, 0.1) is 6.61 Å². The van der Waals surface area contributed by atoms with E-state index in [0.29, 0.717) is 36.8 Å². The van der Waals surface area contributed by atoms with Gasteiger partial charge in [0.15, 0.2) is 5.84 Å². The van der Waals surface area contributed by atoms with Crippen LogP contribution in [-0.4, -0.2) is 36.7 Å². The molecule has 0 saturated heterocycles. The number of nitrogens with zero attached hydrogens (tertiary/aromatic N) is 1. The van der Waals surface area contributed by atoms with Crippen molar-refractivity contribution in [1.29, 1.82) is 0 Å². The molecule has 0 aliphatic carbocycles. The zero-order chi connectivity index (χ0) is 15.7. The average Bonchev–Trinajstić information content (AvgIpc) is 2.49. The van der Waals surface area contributed by atoms with Crippen LogP contribution in [0.5, 0.6) is 0 Å². The summed E-state index contributed by atoms with van der Waals surface area (Å²) >= 11 is 0. The van der Waals surface area contributed by atoms with Crippen molar-refractivity contribution >= 4 is 11.7 Å². The summed E-state index contributed by atoms with van der Waals surface area (Å²) in [5.74, 6) is 0.373. The van der Waals surface area contributed by atoms with Gasteiger partial charge in [-0.1, -0.05) is 31.1 Å². The highest BCUT2D eigenvalue weighted by Crippen LogP contribution is 2.05. The minimum atomic E-state index is -0.213. The monoisotopic (exact) mass is 293 g/mol. The summed E-state index contributed by atoms with van der Waals surface area (Å²) in [6.07, 6.45) is 1.01. The lowest BCUT2D eigenvalue weighted by molar-refractivity contribution is 0.0906. The van der Waals surface area contributed by atoms with Crippen LogP contribution in [0, 0.1) is 5.92 Å². The molecule has 116 valence electrons. The van der Waals surface area contributed by atoms with Gasteiger partial charge in [-0.15, -0.1) is 0 Å². The van der Waals surface area contributed by atoms with E-state index in [1.54, 1.807) is 24.3 Å². The van der Waals surface area contributed by atoms with E-state index >= 15 is 0 Å². The van der Waals surface area contributed by atoms with Crippen molar-refractivity contribution < 1.29 is 14.7 Å². The fourth-order valence-corrected chi connectivity index (χ4v) is 1.64. The molecule has 0 aliphatic heterocycles. The van der Waals surface area contributed by atoms with Crippen LogP contribution >= 0.6 is 0 Å². The third-order valence-corrected chi connectivity index (χ3v) is 2.90. The molecule has 0 aromatic heterocycles. The topological polar surface area (TPSA) is 96.9 Å². The molecule has 0 atom stereocenters. The van der Waals surface area contributed by atoms with Gasteiger partial charge in [-0.05, 0) is 24.5 Å². The van der Waals surface area contributed by atoms with Crippen LogP contribution < -0.4 is 11.1 Å². The lowest BCUT2D eigenvalue weighted by Gasteiger charge is -2.08. The van der Waals surface area contributed by atoms with Gasteiger partial charge in [0.1, 0.15) is 0 Å². The Morgan fingerprint density at radius 3 is 2.76 bits per heavy atom. The second-order valence-electron chi connectivity index (χ2n) is 5.12. The van der Waals surface area contributed by atoms with Crippen molar-refractivity contribution in [3.05, 3.63) is 35.4 Å². The van der Waals surface area contributed by atoms with Gasteiger partial charge in [0.25, 0.3) is 5.91 Å². The summed E-state index contributed by atoms with van der Waals surface area (Å²) in [4.78, 5) is 11.9. The molecule has 1 amide bonds. The Morgan fingerprint density at radius 2 is 2.10 bits per heavy atom. The Bertz CT molecular complexity index is 487. The number of amides is 1. The van der Waals surface area contributed by atoms with Crippen LogP contribution in [0.3, 0.4) is 0 Å². The first kappa shape index (κ1) is 17.0. The maximum atomic E-state index is 11.9. The zero-order valence-electron chi connectivity index (χ0n) is 12.5. The quantitative estimate of drug-likeness (QED) is 0.223. The number of hydrogen-bond donors (Lipinski definition) is 3. The van der Waals surface area contributed by atoms with E-state index in [4.69, 9.17) is 15.7 Å². The molecule has 4 N–H and O–H groups in total. The number of amidine groups is 1. The number of rotatable bonds is 8. The summed E-state index contributed by atoms with van der Waals surface area (Å²) in [6, 6.07) is 6.59. The molecule has 0 saturated carbocycles. The molecular formula is C15H23N3O3. The molecule has 0 unspecified atom stereocenters. The van der Waals surface area contributed by atoms with Crippen molar-refractivity contribution in [1.82, 2.24) is 5.32 Å². The molecular weight excluding hydrogens is 270 g/mol. The number of carbonyl (C=O) groups is 1. The van der Waals surface area contributed by atoms with Crippen LogP contribution in [0.2, 0.25) is 0 Å². The molecule has 21 heavy (non-hydrogen) atoms. The number of ether oxygens (including phenoxy) is 1. The number of hydrogen-bond acceptors (Lipinski definition) is 4. The van der Waals surface area contributed by atoms with Crippen LogP contribution in [-0.2, 0) is 4.74 Å². The summed E-state index contributed by atoms with van der Waals surface area (Å²) in [5.41, 5.74) is 6.45. The SMILES string of the molecule is CC(C)CCOCCNC(=O)c1cccc(C(N)=NO)c1. The number of carbonyl (C=O) groups excluding carboxylic acids is 1. The molecule has 6 heteroatoms. The van der Waals surface area contributed by atoms with Gasteiger partial charge in [0, 0.05) is 24.3 Å². The third kappa shape index (κ3) is 6.27. The summed E-state index contributed by atoms with van der Waals surface area (Å²) in [5, 5.41) is 14.3. The Balaban J connectivity index is 2.39. The van der Waals surface area contributed by atoms with E-state index in [9.17, 15) is 4.79 Å². The molecule has 0 fully saturated rings. The highest BCUT2D eigenvalue weighted by Gasteiger charge is 2.07. The number of benzene rings is 1. The Labute approximate surface area is 125 Å². The van der Waals surface area contributed by atoms with Crippen LogP contribution in [0.25, 0.3) is 0 Å². The first-order chi connectivity index (χ1) is 10.0. The van der Waals surface area contributed by atoms with E-state index in [1.807, 2.05) is 0 Å². The van der Waals surface area contributed by atoms with E-state index in [1.165, 1.54) is 0 Å². The van der Waals surface area contributed by atoms with Gasteiger partial charge < -0.3 is 21.0 Å². The van der Waals surface area contributed by atoms with E-state index < -0.39 is 0 Å². The normalized spacial score (nSPS) is 11.7.